The van der Waals surface area contributed by atoms with Crippen LogP contribution in [0.5, 0.6) is 0 Å². The number of aryl methyl sites for hydroxylation is 2. The molecule has 0 amide bonds. The van der Waals surface area contributed by atoms with Gasteiger partial charge in [0.15, 0.2) is 22.3 Å². The summed E-state index contributed by atoms with van der Waals surface area (Å²) >= 11 is 6.84. The van der Waals surface area contributed by atoms with Crippen molar-refractivity contribution in [1.29, 1.82) is 0 Å². The SMILES string of the molecule is Cn1cnc2ncn(Cc3n[nH]c(=O)o3)c(=O)c21.Cn1cnc2ncn(Cc3nn(C4CC(c5ccc(Br)cc5)C4)c(=O)o3)c(=O)c21.OC1CC(c2ccc(Br)cc2)C1. The fourth-order valence-corrected chi connectivity index (χ4v) is 7.53. The van der Waals surface area contributed by atoms with Crippen molar-refractivity contribution in [2.24, 2.45) is 14.1 Å². The lowest BCUT2D eigenvalue weighted by molar-refractivity contribution is 0.0746. The van der Waals surface area contributed by atoms with Gasteiger partial charge in [-0.15, -0.1) is 10.2 Å². The average molecular weight is 933 g/mol. The predicted molar refractivity (Wildman–Crippen MR) is 219 cm³/mol. The number of aromatic amines is 1. The van der Waals surface area contributed by atoms with Crippen molar-refractivity contribution < 1.29 is 13.9 Å². The third-order valence-electron chi connectivity index (χ3n) is 10.4. The highest BCUT2D eigenvalue weighted by molar-refractivity contribution is 9.10. The van der Waals surface area contributed by atoms with Gasteiger partial charge in [-0.2, -0.15) is 4.68 Å². The molecule has 0 bridgehead atoms. The van der Waals surface area contributed by atoms with E-state index in [1.165, 1.54) is 50.3 Å². The quantitative estimate of drug-likeness (QED) is 0.232. The number of imidazole rings is 2. The van der Waals surface area contributed by atoms with Crippen molar-refractivity contribution in [2.45, 2.75) is 62.8 Å². The zero-order valence-electron chi connectivity index (χ0n) is 31.6. The van der Waals surface area contributed by atoms with Crippen LogP contribution in [-0.2, 0) is 27.2 Å². The van der Waals surface area contributed by atoms with Crippen molar-refractivity contribution in [1.82, 2.24) is 58.2 Å². The number of fused-ring (bicyclic) bond motifs is 2. The van der Waals surface area contributed by atoms with Gasteiger partial charge >= 0.3 is 11.5 Å². The van der Waals surface area contributed by atoms with Crippen molar-refractivity contribution >= 4 is 54.2 Å². The van der Waals surface area contributed by atoms with Gasteiger partial charge in [-0.3, -0.25) is 18.7 Å². The highest BCUT2D eigenvalue weighted by Crippen LogP contribution is 2.44. The number of rotatable bonds is 7. The van der Waals surface area contributed by atoms with E-state index in [4.69, 9.17) is 13.9 Å². The molecule has 8 aromatic rings. The van der Waals surface area contributed by atoms with Crippen LogP contribution in [-0.4, -0.2) is 69.4 Å². The van der Waals surface area contributed by atoms with Crippen LogP contribution in [0.15, 0.2) is 111 Å². The number of benzene rings is 2. The lowest BCUT2D eigenvalue weighted by atomic mass is 9.76. The topological polar surface area (TPSA) is 233 Å². The molecule has 2 N–H and O–H groups in total. The second-order valence-electron chi connectivity index (χ2n) is 14.4. The van der Waals surface area contributed by atoms with Gasteiger partial charge in [0.2, 0.25) is 11.8 Å². The molecule has 2 aromatic carbocycles. The van der Waals surface area contributed by atoms with Gasteiger partial charge in [0.1, 0.15) is 25.7 Å². The van der Waals surface area contributed by atoms with E-state index in [1.807, 2.05) is 12.1 Å². The van der Waals surface area contributed by atoms with Crippen LogP contribution in [0.1, 0.15) is 66.5 Å². The summed E-state index contributed by atoms with van der Waals surface area (Å²) in [6.45, 7) is 0.0732. The molecular weight excluding hydrogens is 896 g/mol. The summed E-state index contributed by atoms with van der Waals surface area (Å²) in [6, 6.07) is 16.6. The molecule has 2 fully saturated rings. The van der Waals surface area contributed by atoms with Crippen LogP contribution in [0.4, 0.5) is 0 Å². The first-order valence-electron chi connectivity index (χ1n) is 18.4. The first-order chi connectivity index (χ1) is 28.4. The van der Waals surface area contributed by atoms with E-state index < -0.39 is 11.5 Å². The van der Waals surface area contributed by atoms with Gasteiger partial charge in [-0.05, 0) is 72.9 Å². The third-order valence-corrected chi connectivity index (χ3v) is 11.4. The Labute approximate surface area is 349 Å². The molecule has 0 atom stereocenters. The third kappa shape index (κ3) is 8.57. The Morgan fingerprint density at radius 2 is 1.15 bits per heavy atom. The van der Waals surface area contributed by atoms with Crippen LogP contribution >= 0.6 is 31.9 Å². The molecule has 59 heavy (non-hydrogen) atoms. The molecule has 2 aliphatic carbocycles. The Bertz CT molecular complexity index is 2980. The Morgan fingerprint density at radius 3 is 1.63 bits per heavy atom. The number of H-pyrrole nitrogens is 1. The molecule has 2 saturated carbocycles. The van der Waals surface area contributed by atoms with E-state index >= 15 is 0 Å². The number of nitrogens with zero attached hydrogens (tertiary/aromatic N) is 11. The Hall–Kier alpha value is -6.06. The maximum Gasteiger partial charge on any atom is 0.437 e. The van der Waals surface area contributed by atoms with Gasteiger partial charge in [-0.25, -0.2) is 34.6 Å². The summed E-state index contributed by atoms with van der Waals surface area (Å²) in [5.74, 6) is 0.139. The van der Waals surface area contributed by atoms with Crippen molar-refractivity contribution in [2.75, 3.05) is 0 Å². The molecule has 10 rings (SSSR count). The lowest BCUT2D eigenvalue weighted by Crippen LogP contribution is -2.31. The normalized spacial score (nSPS) is 18.4. The Balaban J connectivity index is 0.000000137. The first kappa shape index (κ1) is 39.8. The van der Waals surface area contributed by atoms with Crippen molar-refractivity contribution in [3.05, 3.63) is 148 Å². The largest absolute Gasteiger partial charge is 0.437 e. The standard InChI is InChI=1S/C19H17BrN6O3.C10H11BrO.C9H8N6O3/c1-24-9-21-17-16(24)18(27)25(10-22-17)8-15-23-26(19(28)29-15)14-6-12(7-14)11-2-4-13(20)5-3-11;11-9-3-1-7(2-4-9)8-5-10(12)6-8;1-14-3-10-7-6(14)8(16)15(4-11-7)2-5-12-13-9(17)18-5/h2-5,9-10,12,14H,6-8H2,1H3;1-4,8,10,12H,5-6H2;3-4H,2H2,1H3,(H,13,17). The van der Waals surface area contributed by atoms with Crippen LogP contribution in [0.25, 0.3) is 22.3 Å². The second kappa shape index (κ2) is 16.7. The highest BCUT2D eigenvalue weighted by Gasteiger charge is 2.34. The van der Waals surface area contributed by atoms with Crippen molar-refractivity contribution in [3.8, 4) is 0 Å². The summed E-state index contributed by atoms with van der Waals surface area (Å²) < 4.78 is 19.4. The molecular formula is C38H36Br2N12O7. The Kier molecular flexibility index (Phi) is 11.2. The molecule has 0 radical (unpaired) electrons. The zero-order chi connectivity index (χ0) is 41.4. The molecule has 6 aromatic heterocycles. The smallest absolute Gasteiger partial charge is 0.393 e. The van der Waals surface area contributed by atoms with E-state index in [0.717, 1.165) is 34.6 Å². The van der Waals surface area contributed by atoms with Gasteiger partial charge < -0.3 is 23.1 Å². The highest BCUT2D eigenvalue weighted by atomic mass is 79.9. The van der Waals surface area contributed by atoms with Crippen LogP contribution < -0.4 is 22.6 Å². The number of hydrogen-bond donors (Lipinski definition) is 2. The van der Waals surface area contributed by atoms with Gasteiger partial charge in [0.25, 0.3) is 11.1 Å². The molecule has 0 spiro atoms. The minimum absolute atomic E-state index is 0.00282. The summed E-state index contributed by atoms with van der Waals surface area (Å²) in [4.78, 5) is 64.1. The number of aliphatic hydroxyl groups is 1. The minimum atomic E-state index is -0.660. The number of aliphatic hydroxyl groups excluding tert-OH is 1. The van der Waals surface area contributed by atoms with Gasteiger partial charge in [-0.1, -0.05) is 56.1 Å². The summed E-state index contributed by atoms with van der Waals surface area (Å²) in [7, 11) is 3.44. The number of nitrogens with one attached hydrogen (secondary N) is 1. The summed E-state index contributed by atoms with van der Waals surface area (Å²) in [5, 5.41) is 19.2. The summed E-state index contributed by atoms with van der Waals surface area (Å²) in [5.41, 5.74) is 3.61. The maximum absolute atomic E-state index is 12.6. The van der Waals surface area contributed by atoms with Crippen LogP contribution in [0, 0.1) is 0 Å². The van der Waals surface area contributed by atoms with E-state index in [1.54, 1.807) is 23.2 Å². The number of aromatic nitrogens is 12. The predicted octanol–water partition coefficient (Wildman–Crippen LogP) is 3.75. The molecule has 6 heterocycles. The maximum atomic E-state index is 12.6. The van der Waals surface area contributed by atoms with E-state index in [0.29, 0.717) is 34.2 Å². The number of halogens is 2. The molecule has 0 unspecified atom stereocenters. The van der Waals surface area contributed by atoms with E-state index in [-0.39, 0.29) is 48.1 Å². The molecule has 0 saturated heterocycles. The van der Waals surface area contributed by atoms with Gasteiger partial charge in [0.05, 0.1) is 24.8 Å². The molecule has 0 aliphatic heterocycles. The first-order valence-corrected chi connectivity index (χ1v) is 20.0. The average Bonchev–Trinajstić information content (AvgIpc) is 3.97. The zero-order valence-corrected chi connectivity index (χ0v) is 34.7. The fraction of sp³-hybridized carbons (Fsp3) is 0.316. The fourth-order valence-electron chi connectivity index (χ4n) is 7.00. The van der Waals surface area contributed by atoms with Crippen LogP contribution in [0.3, 0.4) is 0 Å². The van der Waals surface area contributed by atoms with Crippen molar-refractivity contribution in [3.63, 3.8) is 0 Å². The lowest BCUT2D eigenvalue weighted by Gasteiger charge is -2.34. The molecule has 19 nitrogen and oxygen atoms in total. The van der Waals surface area contributed by atoms with E-state index in [2.05, 4.69) is 103 Å². The minimum Gasteiger partial charge on any atom is -0.393 e. The molecule has 304 valence electrons. The molecule has 21 heteroatoms. The second-order valence-corrected chi connectivity index (χ2v) is 16.2. The van der Waals surface area contributed by atoms with Gasteiger partial charge in [0, 0.05) is 23.0 Å². The summed E-state index contributed by atoms with van der Waals surface area (Å²) in [6.07, 6.45) is 9.25. The van der Waals surface area contributed by atoms with Crippen LogP contribution in [0.2, 0.25) is 0 Å². The Morgan fingerprint density at radius 1 is 0.678 bits per heavy atom. The number of hydrogen-bond acceptors (Lipinski definition) is 13. The monoisotopic (exact) mass is 930 g/mol. The van der Waals surface area contributed by atoms with E-state index in [9.17, 15) is 19.2 Å². The molecule has 2 aliphatic rings.